The largest absolute Gasteiger partial charge is 0.497 e. The minimum Gasteiger partial charge on any atom is -0.497 e. The predicted molar refractivity (Wildman–Crippen MR) is 110 cm³/mol. The predicted octanol–water partition coefficient (Wildman–Crippen LogP) is 4.69. The van der Waals surface area contributed by atoms with E-state index in [-0.39, 0.29) is 5.91 Å². The van der Waals surface area contributed by atoms with Crippen LogP contribution in [0.5, 0.6) is 11.5 Å². The van der Waals surface area contributed by atoms with Gasteiger partial charge >= 0.3 is 0 Å². The van der Waals surface area contributed by atoms with Gasteiger partial charge < -0.3 is 14.4 Å². The molecule has 3 aromatic rings. The molecular weight excluding hydrogens is 350 g/mol. The lowest BCUT2D eigenvalue weighted by Crippen LogP contribution is -2.39. The number of benzene rings is 3. The molecule has 0 aliphatic rings. The van der Waals surface area contributed by atoms with Crippen molar-refractivity contribution in [3.8, 4) is 11.5 Å². The maximum absolute atomic E-state index is 13.2. The molecule has 4 nitrogen and oxygen atoms in total. The third-order valence-corrected chi connectivity index (χ3v) is 4.45. The lowest BCUT2D eigenvalue weighted by Gasteiger charge is -2.26. The SMILES string of the molecule is COc1cccc(OC(C)C(=O)N(Cc2ccccc2)Cc2ccccc2)c1. The summed E-state index contributed by atoms with van der Waals surface area (Å²) in [6.07, 6.45) is -0.612. The van der Waals surface area contributed by atoms with E-state index >= 15 is 0 Å². The van der Waals surface area contributed by atoms with E-state index < -0.39 is 6.10 Å². The number of hydrogen-bond donors (Lipinski definition) is 0. The first-order valence-electron chi connectivity index (χ1n) is 9.33. The van der Waals surface area contributed by atoms with Gasteiger partial charge in [-0.25, -0.2) is 0 Å². The molecule has 3 rings (SSSR count). The molecule has 0 heterocycles. The molecule has 28 heavy (non-hydrogen) atoms. The highest BCUT2D eigenvalue weighted by Gasteiger charge is 2.23. The van der Waals surface area contributed by atoms with E-state index in [0.717, 1.165) is 11.1 Å². The monoisotopic (exact) mass is 375 g/mol. The first kappa shape index (κ1) is 19.5. The summed E-state index contributed by atoms with van der Waals surface area (Å²) in [4.78, 5) is 15.0. The van der Waals surface area contributed by atoms with E-state index in [4.69, 9.17) is 9.47 Å². The van der Waals surface area contributed by atoms with Crippen molar-refractivity contribution in [3.63, 3.8) is 0 Å². The Labute approximate surface area is 166 Å². The van der Waals surface area contributed by atoms with Crippen molar-refractivity contribution in [1.82, 2.24) is 4.90 Å². The molecular formula is C24H25NO3. The number of hydrogen-bond acceptors (Lipinski definition) is 3. The fourth-order valence-electron chi connectivity index (χ4n) is 3.01. The second kappa shape index (κ2) is 9.60. The molecule has 144 valence electrons. The first-order valence-corrected chi connectivity index (χ1v) is 9.33. The highest BCUT2D eigenvalue weighted by atomic mass is 16.5. The Balaban J connectivity index is 1.76. The van der Waals surface area contributed by atoms with Gasteiger partial charge in [0.2, 0.25) is 0 Å². The highest BCUT2D eigenvalue weighted by molar-refractivity contribution is 5.81. The Morgan fingerprint density at radius 2 is 1.36 bits per heavy atom. The van der Waals surface area contributed by atoms with Gasteiger partial charge in [-0.3, -0.25) is 4.79 Å². The fourth-order valence-corrected chi connectivity index (χ4v) is 3.01. The van der Waals surface area contributed by atoms with Gasteiger partial charge in [-0.15, -0.1) is 0 Å². The van der Waals surface area contributed by atoms with Crippen LogP contribution < -0.4 is 9.47 Å². The van der Waals surface area contributed by atoms with Crippen molar-refractivity contribution < 1.29 is 14.3 Å². The van der Waals surface area contributed by atoms with Crippen LogP contribution in [0.1, 0.15) is 18.1 Å². The third kappa shape index (κ3) is 5.36. The number of ether oxygens (including phenoxy) is 2. The average molecular weight is 375 g/mol. The molecule has 1 unspecified atom stereocenters. The Bertz CT molecular complexity index is 839. The fraction of sp³-hybridized carbons (Fsp3) is 0.208. The van der Waals surface area contributed by atoms with Gasteiger partial charge in [0.1, 0.15) is 11.5 Å². The average Bonchev–Trinajstić information content (AvgIpc) is 2.74. The normalized spacial score (nSPS) is 11.5. The van der Waals surface area contributed by atoms with E-state index in [1.807, 2.05) is 83.8 Å². The summed E-state index contributed by atoms with van der Waals surface area (Å²) < 4.78 is 11.1. The smallest absolute Gasteiger partial charge is 0.263 e. The topological polar surface area (TPSA) is 38.8 Å². The first-order chi connectivity index (χ1) is 13.7. The number of carbonyl (C=O) groups excluding carboxylic acids is 1. The minimum absolute atomic E-state index is 0.0597. The molecule has 3 aromatic carbocycles. The Morgan fingerprint density at radius 3 is 1.89 bits per heavy atom. The van der Waals surface area contributed by atoms with Gasteiger partial charge in [0.05, 0.1) is 7.11 Å². The Hall–Kier alpha value is -3.27. The Kier molecular flexibility index (Phi) is 6.68. The van der Waals surface area contributed by atoms with E-state index in [1.54, 1.807) is 20.1 Å². The van der Waals surface area contributed by atoms with Gasteiger partial charge in [-0.2, -0.15) is 0 Å². The zero-order valence-corrected chi connectivity index (χ0v) is 16.2. The molecule has 1 amide bonds. The van der Waals surface area contributed by atoms with Crippen LogP contribution in [-0.4, -0.2) is 24.0 Å². The zero-order valence-electron chi connectivity index (χ0n) is 16.2. The summed E-state index contributed by atoms with van der Waals surface area (Å²) in [6.45, 7) is 2.84. The summed E-state index contributed by atoms with van der Waals surface area (Å²) >= 11 is 0. The minimum atomic E-state index is -0.612. The molecule has 0 aromatic heterocycles. The molecule has 0 saturated carbocycles. The number of methoxy groups -OCH3 is 1. The maximum Gasteiger partial charge on any atom is 0.263 e. The molecule has 4 heteroatoms. The van der Waals surface area contributed by atoms with Crippen molar-refractivity contribution in [3.05, 3.63) is 96.1 Å². The molecule has 0 radical (unpaired) electrons. The lowest BCUT2D eigenvalue weighted by molar-refractivity contribution is -0.139. The summed E-state index contributed by atoms with van der Waals surface area (Å²) in [6, 6.07) is 27.3. The summed E-state index contributed by atoms with van der Waals surface area (Å²) in [7, 11) is 1.61. The van der Waals surface area contributed by atoms with Crippen LogP contribution in [0.25, 0.3) is 0 Å². The molecule has 0 N–H and O–H groups in total. The quantitative estimate of drug-likeness (QED) is 0.573. The number of rotatable bonds is 8. The standard InChI is InChI=1S/C24H25NO3/c1-19(28-23-15-9-14-22(16-23)27-2)24(26)25(17-20-10-5-3-6-11-20)18-21-12-7-4-8-13-21/h3-16,19H,17-18H2,1-2H3. The molecule has 1 atom stereocenters. The second-order valence-corrected chi connectivity index (χ2v) is 6.60. The van der Waals surface area contributed by atoms with Gasteiger partial charge in [0.25, 0.3) is 5.91 Å². The van der Waals surface area contributed by atoms with Crippen LogP contribution in [0.4, 0.5) is 0 Å². The van der Waals surface area contributed by atoms with Crippen molar-refractivity contribution in [2.75, 3.05) is 7.11 Å². The molecule has 0 aliphatic heterocycles. The molecule has 0 saturated heterocycles. The van der Waals surface area contributed by atoms with E-state index in [2.05, 4.69) is 0 Å². The van der Waals surface area contributed by atoms with Gasteiger partial charge in [-0.05, 0) is 30.2 Å². The van der Waals surface area contributed by atoms with Crippen LogP contribution in [0.15, 0.2) is 84.9 Å². The summed E-state index contributed by atoms with van der Waals surface area (Å²) in [5.41, 5.74) is 2.17. The van der Waals surface area contributed by atoms with Crippen LogP contribution >= 0.6 is 0 Å². The van der Waals surface area contributed by atoms with Gasteiger partial charge in [-0.1, -0.05) is 66.7 Å². The number of amides is 1. The second-order valence-electron chi connectivity index (χ2n) is 6.60. The van der Waals surface area contributed by atoms with Crippen molar-refractivity contribution >= 4 is 5.91 Å². The van der Waals surface area contributed by atoms with Crippen molar-refractivity contribution in [2.24, 2.45) is 0 Å². The maximum atomic E-state index is 13.2. The zero-order chi connectivity index (χ0) is 19.8. The summed E-state index contributed by atoms with van der Waals surface area (Å²) in [5, 5.41) is 0. The Morgan fingerprint density at radius 1 is 0.821 bits per heavy atom. The summed E-state index contributed by atoms with van der Waals surface area (Å²) in [5.74, 6) is 1.25. The third-order valence-electron chi connectivity index (χ3n) is 4.45. The van der Waals surface area contributed by atoms with Crippen LogP contribution in [0.3, 0.4) is 0 Å². The lowest BCUT2D eigenvalue weighted by atomic mass is 10.1. The van der Waals surface area contributed by atoms with Crippen molar-refractivity contribution in [1.29, 1.82) is 0 Å². The molecule has 0 fully saturated rings. The van der Waals surface area contributed by atoms with Gasteiger partial charge in [0, 0.05) is 19.2 Å². The number of carbonyl (C=O) groups is 1. The highest BCUT2D eigenvalue weighted by Crippen LogP contribution is 2.21. The van der Waals surface area contributed by atoms with Crippen LogP contribution in [0, 0.1) is 0 Å². The van der Waals surface area contributed by atoms with Crippen molar-refractivity contribution in [2.45, 2.75) is 26.1 Å². The molecule has 0 aliphatic carbocycles. The van der Waals surface area contributed by atoms with Crippen LogP contribution in [0.2, 0.25) is 0 Å². The molecule has 0 bridgehead atoms. The van der Waals surface area contributed by atoms with Crippen LogP contribution in [-0.2, 0) is 17.9 Å². The number of nitrogens with zero attached hydrogens (tertiary/aromatic N) is 1. The van der Waals surface area contributed by atoms with E-state index in [9.17, 15) is 4.79 Å². The van der Waals surface area contributed by atoms with E-state index in [0.29, 0.717) is 24.6 Å². The van der Waals surface area contributed by atoms with Gasteiger partial charge in [0.15, 0.2) is 6.10 Å². The van der Waals surface area contributed by atoms with E-state index in [1.165, 1.54) is 0 Å². The molecule has 0 spiro atoms.